The lowest BCUT2D eigenvalue weighted by molar-refractivity contribution is 0.469. The molecular formula is C17H38S. The largest absolute Gasteiger partial charge is 0.152 e. The monoisotopic (exact) mass is 274 g/mol. The van der Waals surface area contributed by atoms with Crippen LogP contribution in [-0.2, 0) is 0 Å². The quantitative estimate of drug-likeness (QED) is 0.459. The first-order valence-electron chi connectivity index (χ1n) is 6.47. The Bertz CT molecular complexity index is 155. The van der Waals surface area contributed by atoms with Crippen LogP contribution < -0.4 is 0 Å². The smallest absolute Gasteiger partial charge is 0.00934 e. The van der Waals surface area contributed by atoms with Crippen LogP contribution in [0.15, 0.2) is 22.9 Å². The van der Waals surface area contributed by atoms with Crippen LogP contribution in [0.2, 0.25) is 0 Å². The lowest BCUT2D eigenvalue weighted by Crippen LogP contribution is -1.93. The first kappa shape index (κ1) is 26.3. The van der Waals surface area contributed by atoms with Gasteiger partial charge in [0.2, 0.25) is 0 Å². The number of hydrogen-bond acceptors (Lipinski definition) is 1. The molecule has 0 unspecified atom stereocenters. The lowest BCUT2D eigenvalue weighted by Gasteiger charge is -2.05. The van der Waals surface area contributed by atoms with Crippen molar-refractivity contribution in [3.8, 4) is 0 Å². The summed E-state index contributed by atoms with van der Waals surface area (Å²) in [6.45, 7) is 21.5. The summed E-state index contributed by atoms with van der Waals surface area (Å²) < 4.78 is 0. The van der Waals surface area contributed by atoms with E-state index >= 15 is 0 Å². The molecule has 0 amide bonds. The first-order valence-corrected chi connectivity index (χ1v) is 7.41. The van der Waals surface area contributed by atoms with E-state index in [4.69, 9.17) is 0 Å². The van der Waals surface area contributed by atoms with Crippen LogP contribution in [0.25, 0.3) is 0 Å². The van der Waals surface area contributed by atoms with Crippen LogP contribution in [-0.4, -0.2) is 0 Å². The molecule has 0 radical (unpaired) electrons. The van der Waals surface area contributed by atoms with Crippen LogP contribution in [0.4, 0.5) is 0 Å². The van der Waals surface area contributed by atoms with Gasteiger partial charge < -0.3 is 0 Å². The second kappa shape index (κ2) is 14.8. The van der Waals surface area contributed by atoms with Gasteiger partial charge in [-0.05, 0) is 21.6 Å². The molecule has 0 aromatic carbocycles. The van der Waals surface area contributed by atoms with E-state index in [0.717, 1.165) is 0 Å². The van der Waals surface area contributed by atoms with Crippen LogP contribution >= 0.6 is 11.3 Å². The van der Waals surface area contributed by atoms with Gasteiger partial charge in [-0.15, -0.1) is 0 Å². The highest BCUT2D eigenvalue weighted by molar-refractivity contribution is 7.07. The Labute approximate surface area is 122 Å². The summed E-state index contributed by atoms with van der Waals surface area (Å²) in [5, 5.41) is 4.08. The Morgan fingerprint density at radius 2 is 0.778 bits per heavy atom. The molecule has 112 valence electrons. The molecule has 0 fully saturated rings. The van der Waals surface area contributed by atoms with Crippen LogP contribution in [0.5, 0.6) is 0 Å². The summed E-state index contributed by atoms with van der Waals surface area (Å²) in [4.78, 5) is 0. The van der Waals surface area contributed by atoms with Gasteiger partial charge in [0, 0.05) is 0 Å². The van der Waals surface area contributed by atoms with Gasteiger partial charge in [0.25, 0.3) is 0 Å². The van der Waals surface area contributed by atoms with E-state index < -0.39 is 0 Å². The molecule has 0 aliphatic rings. The number of hydrogen-bond donors (Lipinski definition) is 0. The maximum absolute atomic E-state index is 2.19. The third-order valence-corrected chi connectivity index (χ3v) is 1.05. The van der Waals surface area contributed by atoms with Crippen molar-refractivity contribution in [2.24, 2.45) is 10.8 Å². The molecule has 1 heteroatoms. The molecule has 0 aliphatic heterocycles. The Morgan fingerprint density at radius 3 is 0.833 bits per heavy atom. The summed E-state index contributed by atoms with van der Waals surface area (Å²) in [6, 6.07) is 4.04. The van der Waals surface area contributed by atoms with Crippen LogP contribution in [0, 0.1) is 10.8 Å². The zero-order valence-electron chi connectivity index (χ0n) is 13.7. The molecule has 1 heterocycles. The minimum atomic E-state index is 0. The third kappa shape index (κ3) is 154. The predicted molar refractivity (Wildman–Crippen MR) is 92.7 cm³/mol. The topological polar surface area (TPSA) is 0 Å². The van der Waals surface area contributed by atoms with Crippen molar-refractivity contribution in [2.75, 3.05) is 0 Å². The van der Waals surface area contributed by atoms with Gasteiger partial charge in [0.15, 0.2) is 0 Å². The molecule has 1 rings (SSSR count). The lowest BCUT2D eigenvalue weighted by atomic mass is 10.0. The zero-order chi connectivity index (χ0) is 14.5. The van der Waals surface area contributed by atoms with Gasteiger partial charge in [-0.3, -0.25) is 0 Å². The molecule has 18 heavy (non-hydrogen) atoms. The number of thiophene rings is 1. The van der Waals surface area contributed by atoms with Gasteiger partial charge >= 0.3 is 0 Å². The fraction of sp³-hybridized carbons (Fsp3) is 0.765. The molecule has 1 aromatic rings. The molecule has 0 spiro atoms. The van der Waals surface area contributed by atoms with E-state index in [2.05, 4.69) is 55.4 Å². The molecular weight excluding hydrogens is 236 g/mol. The van der Waals surface area contributed by atoms with Crippen molar-refractivity contribution < 1.29 is 0 Å². The highest BCUT2D eigenvalue weighted by Crippen LogP contribution is 2.08. The molecule has 0 N–H and O–H groups in total. The predicted octanol–water partition coefficient (Wildman–Crippen LogP) is 7.52. The van der Waals surface area contributed by atoms with Gasteiger partial charge in [-0.1, -0.05) is 88.8 Å². The van der Waals surface area contributed by atoms with Gasteiger partial charge in [-0.25, -0.2) is 0 Å². The molecule has 0 saturated carbocycles. The van der Waals surface area contributed by atoms with Crippen molar-refractivity contribution in [3.63, 3.8) is 0 Å². The van der Waals surface area contributed by atoms with Crippen molar-refractivity contribution in [1.82, 2.24) is 0 Å². The van der Waals surface area contributed by atoms with E-state index in [0.29, 0.717) is 10.8 Å². The highest BCUT2D eigenvalue weighted by atomic mass is 32.1. The van der Waals surface area contributed by atoms with Gasteiger partial charge in [-0.2, -0.15) is 11.3 Å². The number of rotatable bonds is 0. The summed E-state index contributed by atoms with van der Waals surface area (Å²) in [6.07, 6.45) is 0. The summed E-state index contributed by atoms with van der Waals surface area (Å²) >= 11 is 1.71. The highest BCUT2D eigenvalue weighted by Gasteiger charge is 1.96. The molecule has 0 atom stereocenters. The third-order valence-electron chi connectivity index (χ3n) is 0.425. The zero-order valence-corrected chi connectivity index (χ0v) is 14.5. The summed E-state index contributed by atoms with van der Waals surface area (Å²) in [5.74, 6) is 0. The minimum absolute atomic E-state index is 0. The fourth-order valence-electron chi connectivity index (χ4n) is 0.227. The Kier molecular flexibility index (Phi) is 21.6. The molecule has 1 aromatic heterocycles. The van der Waals surface area contributed by atoms with E-state index in [1.54, 1.807) is 11.3 Å². The maximum atomic E-state index is 2.19. The van der Waals surface area contributed by atoms with Crippen LogP contribution in [0.3, 0.4) is 0 Å². The Hall–Kier alpha value is -0.300. The SMILES string of the molecule is C.CC.CC(C)(C)C.CC(C)(C)C.c1ccsc1. The van der Waals surface area contributed by atoms with Crippen molar-refractivity contribution in [2.45, 2.75) is 76.7 Å². The minimum Gasteiger partial charge on any atom is -0.152 e. The molecule has 0 saturated heterocycles. The first-order chi connectivity index (χ1) is 7.50. The van der Waals surface area contributed by atoms with Crippen molar-refractivity contribution in [3.05, 3.63) is 22.9 Å². The second-order valence-electron chi connectivity index (χ2n) is 6.79. The van der Waals surface area contributed by atoms with E-state index in [1.165, 1.54) is 0 Å². The molecule has 0 nitrogen and oxygen atoms in total. The second-order valence-corrected chi connectivity index (χ2v) is 7.61. The normalized spacial score (nSPS) is 9.22. The van der Waals surface area contributed by atoms with E-state index in [9.17, 15) is 0 Å². The fourth-order valence-corrected chi connectivity index (χ4v) is 0.680. The molecule has 0 aliphatic carbocycles. The summed E-state index contributed by atoms with van der Waals surface area (Å²) in [5.41, 5.74) is 1.00. The van der Waals surface area contributed by atoms with Crippen molar-refractivity contribution in [1.29, 1.82) is 0 Å². The average molecular weight is 275 g/mol. The van der Waals surface area contributed by atoms with Gasteiger partial charge in [0.05, 0.1) is 0 Å². The Morgan fingerprint density at radius 1 is 0.611 bits per heavy atom. The van der Waals surface area contributed by atoms with Crippen molar-refractivity contribution >= 4 is 11.3 Å². The Balaban J connectivity index is -0.0000000744. The summed E-state index contributed by atoms with van der Waals surface area (Å²) in [7, 11) is 0. The van der Waals surface area contributed by atoms with Gasteiger partial charge in [0.1, 0.15) is 0 Å². The van der Waals surface area contributed by atoms with Crippen LogP contribution in [0.1, 0.15) is 76.7 Å². The maximum Gasteiger partial charge on any atom is -0.00934 e. The van der Waals surface area contributed by atoms with E-state index in [-0.39, 0.29) is 7.43 Å². The average Bonchev–Trinajstić information content (AvgIpc) is 2.56. The standard InChI is InChI=1S/2C5H12.C4H4S.C2H6.CH4/c2*1-5(2,3)4;1-2-4-5-3-1;1-2;/h2*1-4H3;1-4H;1-2H3;1H4. The molecule has 0 bridgehead atoms. The van der Waals surface area contributed by atoms with E-state index in [1.807, 2.05) is 36.7 Å².